The Hall–Kier alpha value is -3.85. The Morgan fingerprint density at radius 2 is 1.85 bits per heavy atom. The maximum Gasteiger partial charge on any atom is 0.319 e. The van der Waals surface area contributed by atoms with Crippen molar-refractivity contribution < 1.29 is 9.53 Å². The second kappa shape index (κ2) is 8.31. The quantitative estimate of drug-likeness (QED) is 0.730. The summed E-state index contributed by atoms with van der Waals surface area (Å²) < 4.78 is 5.71. The fourth-order valence-electron chi connectivity index (χ4n) is 2.29. The van der Waals surface area contributed by atoms with Gasteiger partial charge >= 0.3 is 6.03 Å². The number of pyridine rings is 1. The fourth-order valence-corrected chi connectivity index (χ4v) is 2.29. The summed E-state index contributed by atoms with van der Waals surface area (Å²) in [5, 5.41) is 14.4. The Balaban J connectivity index is 1.57. The number of rotatable bonds is 5. The van der Waals surface area contributed by atoms with Crippen molar-refractivity contribution in [3.63, 3.8) is 0 Å². The predicted molar refractivity (Wildman–Crippen MR) is 97.8 cm³/mol. The minimum atomic E-state index is -0.339. The number of carbonyl (C=O) groups is 1. The molecule has 2 aromatic carbocycles. The normalized spacial score (nSPS) is 9.81. The van der Waals surface area contributed by atoms with Gasteiger partial charge in [0.05, 0.1) is 11.6 Å². The second-order valence-electron chi connectivity index (χ2n) is 5.43. The SMILES string of the molecule is N#Cc1cccc(CNC(=O)Nc2cccc(Oc3ccncc3)c2)c1. The third kappa shape index (κ3) is 4.82. The van der Waals surface area contributed by atoms with Crippen molar-refractivity contribution in [2.45, 2.75) is 6.54 Å². The Kier molecular flexibility index (Phi) is 5.43. The highest BCUT2D eigenvalue weighted by atomic mass is 16.5. The molecule has 128 valence electrons. The molecular formula is C20H16N4O2. The molecule has 0 aliphatic carbocycles. The average molecular weight is 344 g/mol. The van der Waals surface area contributed by atoms with Crippen molar-refractivity contribution in [1.29, 1.82) is 5.26 Å². The maximum atomic E-state index is 12.1. The van der Waals surface area contributed by atoms with Crippen LogP contribution < -0.4 is 15.4 Å². The van der Waals surface area contributed by atoms with Crippen molar-refractivity contribution >= 4 is 11.7 Å². The molecule has 1 heterocycles. The summed E-state index contributed by atoms with van der Waals surface area (Å²) in [6, 6.07) is 19.4. The molecule has 0 saturated carbocycles. The summed E-state index contributed by atoms with van der Waals surface area (Å²) in [5.41, 5.74) is 2.03. The van der Waals surface area contributed by atoms with Gasteiger partial charge in [0.15, 0.2) is 0 Å². The largest absolute Gasteiger partial charge is 0.457 e. The highest BCUT2D eigenvalue weighted by Crippen LogP contribution is 2.23. The Morgan fingerprint density at radius 3 is 2.65 bits per heavy atom. The highest BCUT2D eigenvalue weighted by molar-refractivity contribution is 5.89. The van der Waals surface area contributed by atoms with Crippen LogP contribution in [0, 0.1) is 11.3 Å². The van der Waals surface area contributed by atoms with Crippen molar-refractivity contribution in [2.75, 3.05) is 5.32 Å². The van der Waals surface area contributed by atoms with Crippen molar-refractivity contribution in [2.24, 2.45) is 0 Å². The molecule has 0 bridgehead atoms. The number of urea groups is 1. The lowest BCUT2D eigenvalue weighted by molar-refractivity contribution is 0.251. The van der Waals surface area contributed by atoms with E-state index in [1.54, 1.807) is 67.0 Å². The van der Waals surface area contributed by atoms with Crippen LogP contribution in [0.4, 0.5) is 10.5 Å². The molecule has 1 aromatic heterocycles. The molecule has 2 amide bonds. The summed E-state index contributed by atoms with van der Waals surface area (Å²) >= 11 is 0. The van der Waals surface area contributed by atoms with Gasteiger partial charge in [0, 0.05) is 30.7 Å². The minimum absolute atomic E-state index is 0.328. The molecule has 0 aliphatic heterocycles. The summed E-state index contributed by atoms with van der Waals surface area (Å²) in [6.07, 6.45) is 3.29. The first kappa shape index (κ1) is 17.0. The number of hydrogen-bond acceptors (Lipinski definition) is 4. The zero-order chi connectivity index (χ0) is 18.2. The first-order valence-electron chi connectivity index (χ1n) is 7.95. The van der Waals surface area contributed by atoms with Crippen LogP contribution in [0.25, 0.3) is 0 Å². The molecule has 0 radical (unpaired) electrons. The summed E-state index contributed by atoms with van der Waals surface area (Å²) in [6.45, 7) is 0.328. The monoisotopic (exact) mass is 344 g/mol. The lowest BCUT2D eigenvalue weighted by Crippen LogP contribution is -2.28. The molecule has 0 unspecified atom stereocenters. The first-order chi connectivity index (χ1) is 12.7. The summed E-state index contributed by atoms with van der Waals surface area (Å²) in [5.74, 6) is 1.27. The zero-order valence-electron chi connectivity index (χ0n) is 13.8. The van der Waals surface area contributed by atoms with Crippen LogP contribution in [-0.4, -0.2) is 11.0 Å². The number of nitrogens with one attached hydrogen (secondary N) is 2. The molecule has 3 rings (SSSR count). The molecule has 3 aromatic rings. The number of nitriles is 1. The fraction of sp³-hybridized carbons (Fsp3) is 0.0500. The van der Waals surface area contributed by atoms with Crippen LogP contribution in [0.15, 0.2) is 73.1 Å². The topological polar surface area (TPSA) is 87.0 Å². The smallest absolute Gasteiger partial charge is 0.319 e. The van der Waals surface area contributed by atoms with Gasteiger partial charge in [-0.3, -0.25) is 4.98 Å². The van der Waals surface area contributed by atoms with Gasteiger partial charge in [-0.25, -0.2) is 4.79 Å². The third-order valence-electron chi connectivity index (χ3n) is 3.49. The zero-order valence-corrected chi connectivity index (χ0v) is 13.8. The Morgan fingerprint density at radius 1 is 1.04 bits per heavy atom. The molecular weight excluding hydrogens is 328 g/mol. The molecule has 0 spiro atoms. The van der Waals surface area contributed by atoms with Gasteiger partial charge in [-0.15, -0.1) is 0 Å². The van der Waals surface area contributed by atoms with Gasteiger partial charge in [-0.1, -0.05) is 18.2 Å². The van der Waals surface area contributed by atoms with Crippen LogP contribution in [0.3, 0.4) is 0 Å². The molecule has 0 saturated heterocycles. The Bertz CT molecular complexity index is 936. The molecule has 6 nitrogen and oxygen atoms in total. The summed E-state index contributed by atoms with van der Waals surface area (Å²) in [4.78, 5) is 16.0. The van der Waals surface area contributed by atoms with E-state index < -0.39 is 0 Å². The molecule has 6 heteroatoms. The number of anilines is 1. The van der Waals surface area contributed by atoms with Crippen LogP contribution in [0.2, 0.25) is 0 Å². The van der Waals surface area contributed by atoms with E-state index in [2.05, 4.69) is 21.7 Å². The highest BCUT2D eigenvalue weighted by Gasteiger charge is 2.04. The van der Waals surface area contributed by atoms with Gasteiger partial charge in [-0.05, 0) is 42.0 Å². The van der Waals surface area contributed by atoms with Crippen LogP contribution in [0.1, 0.15) is 11.1 Å². The van der Waals surface area contributed by atoms with Crippen LogP contribution in [-0.2, 0) is 6.54 Å². The van der Waals surface area contributed by atoms with E-state index >= 15 is 0 Å². The van der Waals surface area contributed by atoms with Crippen LogP contribution in [0.5, 0.6) is 11.5 Å². The summed E-state index contributed by atoms with van der Waals surface area (Å²) in [7, 11) is 0. The number of amides is 2. The lowest BCUT2D eigenvalue weighted by Gasteiger charge is -2.10. The molecule has 0 atom stereocenters. The number of benzene rings is 2. The predicted octanol–water partition coefficient (Wildman–Crippen LogP) is 4.07. The standard InChI is InChI=1S/C20H16N4O2/c21-13-15-3-1-4-16(11-15)14-23-20(25)24-17-5-2-6-19(12-17)26-18-7-9-22-10-8-18/h1-12H,14H2,(H2,23,24,25). The molecule has 26 heavy (non-hydrogen) atoms. The molecule has 0 aliphatic rings. The van der Waals surface area contributed by atoms with E-state index in [1.807, 2.05) is 6.07 Å². The first-order valence-corrected chi connectivity index (χ1v) is 7.95. The van der Waals surface area contributed by atoms with Crippen molar-refractivity contribution in [3.05, 3.63) is 84.2 Å². The van der Waals surface area contributed by atoms with E-state index in [1.165, 1.54) is 0 Å². The third-order valence-corrected chi connectivity index (χ3v) is 3.49. The van der Waals surface area contributed by atoms with E-state index in [0.29, 0.717) is 29.3 Å². The van der Waals surface area contributed by atoms with Gasteiger partial charge < -0.3 is 15.4 Å². The van der Waals surface area contributed by atoms with E-state index in [9.17, 15) is 4.79 Å². The molecule has 0 fully saturated rings. The van der Waals surface area contributed by atoms with Gasteiger partial charge in [0.25, 0.3) is 0 Å². The number of ether oxygens (including phenoxy) is 1. The van der Waals surface area contributed by atoms with Crippen molar-refractivity contribution in [1.82, 2.24) is 10.3 Å². The van der Waals surface area contributed by atoms with E-state index in [0.717, 1.165) is 5.56 Å². The number of carbonyl (C=O) groups excluding carboxylic acids is 1. The minimum Gasteiger partial charge on any atom is -0.457 e. The molecule has 2 N–H and O–H groups in total. The van der Waals surface area contributed by atoms with Gasteiger partial charge in [0.2, 0.25) is 0 Å². The number of hydrogen-bond donors (Lipinski definition) is 2. The number of nitrogens with zero attached hydrogens (tertiary/aromatic N) is 2. The maximum absolute atomic E-state index is 12.1. The van der Waals surface area contributed by atoms with E-state index in [4.69, 9.17) is 10.00 Å². The van der Waals surface area contributed by atoms with Crippen molar-refractivity contribution in [3.8, 4) is 17.6 Å². The number of aromatic nitrogens is 1. The van der Waals surface area contributed by atoms with Crippen LogP contribution >= 0.6 is 0 Å². The van der Waals surface area contributed by atoms with Gasteiger partial charge in [-0.2, -0.15) is 5.26 Å². The van der Waals surface area contributed by atoms with Gasteiger partial charge in [0.1, 0.15) is 11.5 Å². The van der Waals surface area contributed by atoms with E-state index in [-0.39, 0.29) is 6.03 Å². The Labute approximate surface area is 151 Å². The second-order valence-corrected chi connectivity index (χ2v) is 5.43. The average Bonchev–Trinajstić information content (AvgIpc) is 2.68. The lowest BCUT2D eigenvalue weighted by atomic mass is 10.1.